The molecular formula is C29H32O3Si. The highest BCUT2D eigenvalue weighted by molar-refractivity contribution is 7.09. The lowest BCUT2D eigenvalue weighted by Crippen LogP contribution is -2.66. The molecule has 3 aromatic rings. The maximum Gasteiger partial charge on any atom is 0.347 e. The third-order valence-electron chi connectivity index (χ3n) is 6.50. The van der Waals surface area contributed by atoms with Crippen LogP contribution in [0.15, 0.2) is 96.2 Å². The van der Waals surface area contributed by atoms with Gasteiger partial charge in [-0.3, -0.25) is 0 Å². The molecule has 0 saturated carbocycles. The molecule has 3 nitrogen and oxygen atoms in total. The maximum atomic E-state index is 12.9. The minimum atomic E-state index is -2.63. The number of esters is 1. The van der Waals surface area contributed by atoms with Gasteiger partial charge in [0, 0.05) is 12.0 Å². The topological polar surface area (TPSA) is 35.5 Å². The molecule has 0 aromatic heterocycles. The van der Waals surface area contributed by atoms with Gasteiger partial charge in [0.05, 0.1) is 6.61 Å². The van der Waals surface area contributed by atoms with E-state index in [0.29, 0.717) is 13.0 Å². The summed E-state index contributed by atoms with van der Waals surface area (Å²) in [6.07, 6.45) is -0.0899. The van der Waals surface area contributed by atoms with Crippen LogP contribution in [0.3, 0.4) is 0 Å². The molecule has 0 bridgehead atoms. The van der Waals surface area contributed by atoms with Crippen molar-refractivity contribution in [2.45, 2.75) is 45.3 Å². The molecule has 33 heavy (non-hydrogen) atoms. The van der Waals surface area contributed by atoms with Gasteiger partial charge >= 0.3 is 5.97 Å². The van der Waals surface area contributed by atoms with Crippen LogP contribution >= 0.6 is 0 Å². The highest BCUT2D eigenvalue weighted by atomic mass is 28.3. The zero-order valence-corrected chi connectivity index (χ0v) is 20.9. The van der Waals surface area contributed by atoms with Crippen molar-refractivity contribution in [3.63, 3.8) is 0 Å². The van der Waals surface area contributed by atoms with Gasteiger partial charge in [-0.25, -0.2) is 4.79 Å². The summed E-state index contributed by atoms with van der Waals surface area (Å²) in [7, 11) is -2.63. The van der Waals surface area contributed by atoms with Gasteiger partial charge in [-0.15, -0.1) is 0 Å². The van der Waals surface area contributed by atoms with Crippen LogP contribution in [-0.4, -0.2) is 26.8 Å². The smallest absolute Gasteiger partial charge is 0.347 e. The number of ether oxygens (including phenoxy) is 2. The van der Waals surface area contributed by atoms with Crippen LogP contribution in [0.2, 0.25) is 5.04 Å². The summed E-state index contributed by atoms with van der Waals surface area (Å²) in [5.74, 6) is 0.543. The molecule has 170 valence electrons. The quantitative estimate of drug-likeness (QED) is 0.370. The van der Waals surface area contributed by atoms with Gasteiger partial charge in [0.1, 0.15) is 5.76 Å². The number of hydrogen-bond acceptors (Lipinski definition) is 3. The second-order valence-corrected chi connectivity index (χ2v) is 14.2. The molecule has 0 radical (unpaired) electrons. The van der Waals surface area contributed by atoms with E-state index < -0.39 is 14.2 Å². The molecule has 0 N–H and O–H groups in total. The van der Waals surface area contributed by atoms with Crippen LogP contribution in [0.1, 0.15) is 39.7 Å². The Bertz CT molecular complexity index is 1080. The SMILES string of the molecule is CCOC(=O)[C@H]1CC([Si](c2ccccc2)(c2ccccc2)C(C)(C)C)=C(c2ccccc2)O1. The van der Waals surface area contributed by atoms with Gasteiger partial charge in [0.2, 0.25) is 0 Å². The number of rotatable bonds is 6. The summed E-state index contributed by atoms with van der Waals surface area (Å²) < 4.78 is 11.9. The normalized spacial score (nSPS) is 16.4. The number of carbonyl (C=O) groups is 1. The summed E-state index contributed by atoms with van der Waals surface area (Å²) in [5.41, 5.74) is 1.01. The lowest BCUT2D eigenvalue weighted by atomic mass is 10.2. The molecule has 0 amide bonds. The van der Waals surface area contributed by atoms with E-state index in [1.54, 1.807) is 0 Å². The molecule has 1 atom stereocenters. The van der Waals surface area contributed by atoms with Crippen molar-refractivity contribution < 1.29 is 14.3 Å². The Morgan fingerprint density at radius 2 is 1.36 bits per heavy atom. The van der Waals surface area contributed by atoms with E-state index in [1.807, 2.05) is 25.1 Å². The van der Waals surface area contributed by atoms with Crippen LogP contribution in [0.5, 0.6) is 0 Å². The molecule has 0 saturated heterocycles. The zero-order chi connectivity index (χ0) is 23.5. The van der Waals surface area contributed by atoms with E-state index in [1.165, 1.54) is 15.6 Å². The Hall–Kier alpha value is -3.11. The van der Waals surface area contributed by atoms with Crippen molar-refractivity contribution in [2.24, 2.45) is 0 Å². The molecule has 0 fully saturated rings. The molecule has 1 aliphatic heterocycles. The predicted molar refractivity (Wildman–Crippen MR) is 137 cm³/mol. The first-order valence-electron chi connectivity index (χ1n) is 11.6. The van der Waals surface area contributed by atoms with Gasteiger partial charge in [-0.05, 0) is 27.5 Å². The highest BCUT2D eigenvalue weighted by Crippen LogP contribution is 2.47. The summed E-state index contributed by atoms with van der Waals surface area (Å²) >= 11 is 0. The van der Waals surface area contributed by atoms with Crippen LogP contribution in [0.4, 0.5) is 0 Å². The van der Waals surface area contributed by atoms with E-state index in [0.717, 1.165) is 11.3 Å². The van der Waals surface area contributed by atoms with Crippen LogP contribution < -0.4 is 10.4 Å². The van der Waals surface area contributed by atoms with Gasteiger partial charge < -0.3 is 9.47 Å². The van der Waals surface area contributed by atoms with Crippen LogP contribution in [0, 0.1) is 0 Å². The van der Waals surface area contributed by atoms with Gasteiger partial charge in [-0.1, -0.05) is 112 Å². The Morgan fingerprint density at radius 3 is 1.82 bits per heavy atom. The molecule has 0 spiro atoms. The Kier molecular flexibility index (Phi) is 6.57. The summed E-state index contributed by atoms with van der Waals surface area (Å²) in [5, 5.41) is 3.80. The van der Waals surface area contributed by atoms with Crippen molar-refractivity contribution in [2.75, 3.05) is 6.61 Å². The number of benzene rings is 3. The molecule has 0 aliphatic carbocycles. The second-order valence-electron chi connectivity index (χ2n) is 9.47. The minimum Gasteiger partial charge on any atom is -0.478 e. The van der Waals surface area contributed by atoms with Crippen LogP contribution in [0.25, 0.3) is 5.76 Å². The minimum absolute atomic E-state index is 0.0853. The maximum absolute atomic E-state index is 12.9. The van der Waals surface area contributed by atoms with Crippen molar-refractivity contribution in [1.82, 2.24) is 0 Å². The molecule has 1 aliphatic rings. The number of hydrogen-bond donors (Lipinski definition) is 0. The van der Waals surface area contributed by atoms with E-state index in [4.69, 9.17) is 9.47 Å². The van der Waals surface area contributed by atoms with Crippen molar-refractivity contribution in [1.29, 1.82) is 0 Å². The molecule has 3 aromatic carbocycles. The third kappa shape index (κ3) is 4.16. The van der Waals surface area contributed by atoms with E-state index in [9.17, 15) is 4.79 Å². The van der Waals surface area contributed by atoms with Crippen molar-refractivity contribution in [3.05, 3.63) is 102 Å². The summed E-state index contributed by atoms with van der Waals surface area (Å²) in [6, 6.07) is 31.8. The predicted octanol–water partition coefficient (Wildman–Crippen LogP) is 5.35. The monoisotopic (exact) mass is 456 g/mol. The Labute approximate surface area is 198 Å². The average molecular weight is 457 g/mol. The van der Waals surface area contributed by atoms with Gasteiger partial charge in [-0.2, -0.15) is 0 Å². The largest absolute Gasteiger partial charge is 0.478 e. The summed E-state index contributed by atoms with van der Waals surface area (Å²) in [6.45, 7) is 9.15. The highest BCUT2D eigenvalue weighted by Gasteiger charge is 2.55. The first-order valence-corrected chi connectivity index (χ1v) is 13.6. The van der Waals surface area contributed by atoms with E-state index >= 15 is 0 Å². The van der Waals surface area contributed by atoms with Gasteiger partial charge in [0.15, 0.2) is 14.2 Å². The lowest BCUT2D eigenvalue weighted by molar-refractivity contribution is -0.151. The second kappa shape index (κ2) is 9.40. The fourth-order valence-electron chi connectivity index (χ4n) is 5.27. The molecule has 4 heteroatoms. The zero-order valence-electron chi connectivity index (χ0n) is 19.9. The first kappa shape index (κ1) is 23.1. The van der Waals surface area contributed by atoms with Crippen LogP contribution in [-0.2, 0) is 14.3 Å². The van der Waals surface area contributed by atoms with E-state index in [-0.39, 0.29) is 11.0 Å². The Morgan fingerprint density at radius 1 is 0.879 bits per heavy atom. The van der Waals surface area contributed by atoms with Crippen molar-refractivity contribution >= 4 is 30.2 Å². The molecule has 0 unspecified atom stereocenters. The number of carbonyl (C=O) groups excluding carboxylic acids is 1. The molecule has 1 heterocycles. The van der Waals surface area contributed by atoms with E-state index in [2.05, 4.69) is 93.6 Å². The lowest BCUT2D eigenvalue weighted by Gasteiger charge is -2.45. The fourth-order valence-corrected chi connectivity index (χ4v) is 11.4. The third-order valence-corrected chi connectivity index (χ3v) is 12.5. The summed E-state index contributed by atoms with van der Waals surface area (Å²) in [4.78, 5) is 12.9. The standard InChI is InChI=1S/C29H32O3Si/c1-5-31-28(30)25-21-26(27(32-25)22-15-9-6-10-16-22)33(29(2,3)4,23-17-11-7-12-18-23)24-19-13-8-14-20-24/h6-20,25H,5,21H2,1-4H3/t25-/m1/s1. The fraction of sp³-hybridized carbons (Fsp3) is 0.276. The molecule has 4 rings (SSSR count). The average Bonchev–Trinajstić information content (AvgIpc) is 3.26. The van der Waals surface area contributed by atoms with Gasteiger partial charge in [0.25, 0.3) is 0 Å². The van der Waals surface area contributed by atoms with Crippen molar-refractivity contribution in [3.8, 4) is 0 Å². The Balaban J connectivity index is 2.04. The molecular weight excluding hydrogens is 424 g/mol. The first-order chi connectivity index (χ1) is 15.9.